The van der Waals surface area contributed by atoms with Crippen molar-refractivity contribution in [1.82, 2.24) is 20.6 Å². The highest BCUT2D eigenvalue weighted by molar-refractivity contribution is 5.92. The smallest absolute Gasteiger partial charge is 0.289 e. The number of aromatic amines is 1. The van der Waals surface area contributed by atoms with Gasteiger partial charge in [0.2, 0.25) is 17.2 Å². The van der Waals surface area contributed by atoms with Crippen LogP contribution >= 0.6 is 0 Å². The molecule has 2 aromatic rings. The zero-order chi connectivity index (χ0) is 20.1. The lowest BCUT2D eigenvalue weighted by atomic mass is 9.85. The van der Waals surface area contributed by atoms with E-state index in [1.54, 1.807) is 19.1 Å². The molecule has 0 aromatic carbocycles. The predicted octanol–water partition coefficient (Wildman–Crippen LogP) is 0.810. The highest BCUT2D eigenvalue weighted by atomic mass is 16.3. The molecule has 3 rings (SSSR count). The van der Waals surface area contributed by atoms with E-state index in [4.69, 9.17) is 4.42 Å². The second-order valence-corrected chi connectivity index (χ2v) is 7.02. The number of nitrogens with one attached hydrogen (secondary N) is 3. The quantitative estimate of drug-likeness (QED) is 0.578. The van der Waals surface area contributed by atoms with E-state index in [0.29, 0.717) is 37.1 Å². The molecule has 1 fully saturated rings. The first kappa shape index (κ1) is 19.8. The van der Waals surface area contributed by atoms with E-state index in [-0.39, 0.29) is 41.6 Å². The van der Waals surface area contributed by atoms with Crippen molar-refractivity contribution in [3.8, 4) is 0 Å². The van der Waals surface area contributed by atoms with E-state index in [1.165, 1.54) is 12.5 Å². The van der Waals surface area contributed by atoms with Gasteiger partial charge in [0.25, 0.3) is 5.91 Å². The Labute approximate surface area is 161 Å². The summed E-state index contributed by atoms with van der Waals surface area (Å²) in [4.78, 5) is 42.3. The summed E-state index contributed by atoms with van der Waals surface area (Å²) in [6.45, 7) is 1.74. The summed E-state index contributed by atoms with van der Waals surface area (Å²) in [5.74, 6) is -0.369. The number of hydrogen-bond acceptors (Lipinski definition) is 6. The first-order chi connectivity index (χ1) is 13.4. The van der Waals surface area contributed by atoms with Gasteiger partial charge in [-0.15, -0.1) is 0 Å². The minimum Gasteiger partial charge on any atom is -0.438 e. The van der Waals surface area contributed by atoms with Crippen LogP contribution in [0.1, 0.15) is 53.7 Å². The number of rotatable bonds is 6. The number of aliphatic hydroxyl groups is 1. The van der Waals surface area contributed by atoms with Crippen LogP contribution in [0.15, 0.2) is 33.8 Å². The lowest BCUT2D eigenvalue weighted by molar-refractivity contribution is -0.126. The molecule has 1 atom stereocenters. The standard InChI is InChI=1S/C19H24N4O5/c1-11-17(28-10-21-11)19(27)22-13-7-5-12(6-8-13)18(26)20-9-15(24)14-3-2-4-16(25)23-14/h2-4,10,12-13,15,24H,5-9H2,1H3,(H,20,26)(H,22,27)(H,23,25). The van der Waals surface area contributed by atoms with Gasteiger partial charge in [0.15, 0.2) is 6.39 Å². The monoisotopic (exact) mass is 388 g/mol. The van der Waals surface area contributed by atoms with Crippen molar-refractivity contribution < 1.29 is 19.1 Å². The fraction of sp³-hybridized carbons (Fsp3) is 0.474. The molecular weight excluding hydrogens is 364 g/mol. The Bertz CT molecular complexity index is 882. The molecule has 2 heterocycles. The molecule has 9 nitrogen and oxygen atoms in total. The zero-order valence-corrected chi connectivity index (χ0v) is 15.6. The van der Waals surface area contributed by atoms with Gasteiger partial charge in [0.05, 0.1) is 5.69 Å². The summed E-state index contributed by atoms with van der Waals surface area (Å²) in [7, 11) is 0. The Hall–Kier alpha value is -2.94. The van der Waals surface area contributed by atoms with Gasteiger partial charge in [0, 0.05) is 30.3 Å². The van der Waals surface area contributed by atoms with Crippen molar-refractivity contribution in [2.24, 2.45) is 5.92 Å². The zero-order valence-electron chi connectivity index (χ0n) is 15.6. The van der Waals surface area contributed by atoms with E-state index in [1.807, 2.05) is 0 Å². The minimum absolute atomic E-state index is 0.0129. The number of H-pyrrole nitrogens is 1. The number of carbonyl (C=O) groups excluding carboxylic acids is 2. The van der Waals surface area contributed by atoms with Crippen molar-refractivity contribution >= 4 is 11.8 Å². The maximum Gasteiger partial charge on any atom is 0.289 e. The van der Waals surface area contributed by atoms with Crippen molar-refractivity contribution in [2.45, 2.75) is 44.8 Å². The van der Waals surface area contributed by atoms with Gasteiger partial charge in [-0.25, -0.2) is 4.98 Å². The number of oxazole rings is 1. The SMILES string of the molecule is Cc1ncoc1C(=O)NC1CCC(C(=O)NCC(O)c2cccc(=O)[nH]2)CC1. The molecule has 2 amide bonds. The number of aromatic nitrogens is 2. The van der Waals surface area contributed by atoms with Crippen LogP contribution in [-0.4, -0.2) is 39.5 Å². The van der Waals surface area contributed by atoms with Crippen LogP contribution in [0.5, 0.6) is 0 Å². The van der Waals surface area contributed by atoms with Gasteiger partial charge in [-0.05, 0) is 38.7 Å². The summed E-state index contributed by atoms with van der Waals surface area (Å²) in [5.41, 5.74) is 0.606. The van der Waals surface area contributed by atoms with Gasteiger partial charge >= 0.3 is 0 Å². The molecule has 1 saturated carbocycles. The van der Waals surface area contributed by atoms with Gasteiger partial charge in [-0.1, -0.05) is 6.07 Å². The summed E-state index contributed by atoms with van der Waals surface area (Å²) in [6, 6.07) is 4.49. The second kappa shape index (κ2) is 8.83. The first-order valence-corrected chi connectivity index (χ1v) is 9.30. The maximum atomic E-state index is 12.4. The third kappa shape index (κ3) is 4.86. The fourth-order valence-electron chi connectivity index (χ4n) is 3.38. The number of hydrogen-bond donors (Lipinski definition) is 4. The van der Waals surface area contributed by atoms with Gasteiger partial charge in [-0.3, -0.25) is 14.4 Å². The Morgan fingerprint density at radius 3 is 2.71 bits per heavy atom. The fourth-order valence-corrected chi connectivity index (χ4v) is 3.38. The topological polar surface area (TPSA) is 137 Å². The highest BCUT2D eigenvalue weighted by Crippen LogP contribution is 2.25. The van der Waals surface area contributed by atoms with Crippen molar-refractivity contribution in [3.05, 3.63) is 52.1 Å². The van der Waals surface area contributed by atoms with Gasteiger partial charge in [0.1, 0.15) is 6.10 Å². The lowest BCUT2D eigenvalue weighted by Crippen LogP contribution is -2.41. The minimum atomic E-state index is -0.973. The van der Waals surface area contributed by atoms with Crippen molar-refractivity contribution in [1.29, 1.82) is 0 Å². The van der Waals surface area contributed by atoms with Crippen LogP contribution in [0.2, 0.25) is 0 Å². The second-order valence-electron chi connectivity index (χ2n) is 7.02. The van der Waals surface area contributed by atoms with E-state index >= 15 is 0 Å². The third-order valence-corrected chi connectivity index (χ3v) is 5.00. The molecule has 2 aromatic heterocycles. The molecule has 0 spiro atoms. The summed E-state index contributed by atoms with van der Waals surface area (Å²) >= 11 is 0. The van der Waals surface area contributed by atoms with Crippen LogP contribution in [-0.2, 0) is 4.79 Å². The molecule has 0 aliphatic heterocycles. The van der Waals surface area contributed by atoms with Crippen LogP contribution < -0.4 is 16.2 Å². The Morgan fingerprint density at radius 1 is 1.32 bits per heavy atom. The van der Waals surface area contributed by atoms with Crippen LogP contribution in [0.25, 0.3) is 0 Å². The normalized spacial score (nSPS) is 20.4. The predicted molar refractivity (Wildman–Crippen MR) is 99.5 cm³/mol. The molecule has 9 heteroatoms. The van der Waals surface area contributed by atoms with E-state index < -0.39 is 6.10 Å². The molecule has 0 radical (unpaired) electrons. The van der Waals surface area contributed by atoms with Crippen LogP contribution in [0, 0.1) is 12.8 Å². The molecule has 28 heavy (non-hydrogen) atoms. The van der Waals surface area contributed by atoms with E-state index in [2.05, 4.69) is 20.6 Å². The van der Waals surface area contributed by atoms with Crippen LogP contribution in [0.3, 0.4) is 0 Å². The first-order valence-electron chi connectivity index (χ1n) is 9.30. The van der Waals surface area contributed by atoms with Crippen LogP contribution in [0.4, 0.5) is 0 Å². The van der Waals surface area contributed by atoms with E-state index in [9.17, 15) is 19.5 Å². The molecule has 0 saturated heterocycles. The summed E-state index contributed by atoms with van der Waals surface area (Å²) < 4.78 is 5.09. The summed E-state index contributed by atoms with van der Waals surface area (Å²) in [5, 5.41) is 15.8. The van der Waals surface area contributed by atoms with Crippen molar-refractivity contribution in [2.75, 3.05) is 6.54 Å². The molecule has 1 unspecified atom stereocenters. The average Bonchev–Trinajstić information content (AvgIpc) is 3.12. The van der Waals surface area contributed by atoms with Crippen molar-refractivity contribution in [3.63, 3.8) is 0 Å². The number of carbonyl (C=O) groups is 2. The molecule has 4 N–H and O–H groups in total. The number of aliphatic hydroxyl groups excluding tert-OH is 1. The number of pyridine rings is 1. The number of aryl methyl sites for hydroxylation is 1. The summed E-state index contributed by atoms with van der Waals surface area (Å²) in [6.07, 6.45) is 2.93. The average molecular weight is 388 g/mol. The number of amides is 2. The highest BCUT2D eigenvalue weighted by Gasteiger charge is 2.28. The largest absolute Gasteiger partial charge is 0.438 e. The third-order valence-electron chi connectivity index (χ3n) is 5.00. The Morgan fingerprint density at radius 2 is 2.07 bits per heavy atom. The lowest BCUT2D eigenvalue weighted by Gasteiger charge is -2.28. The number of nitrogens with zero attached hydrogens (tertiary/aromatic N) is 1. The Balaban J connectivity index is 1.43. The maximum absolute atomic E-state index is 12.4. The molecule has 150 valence electrons. The molecule has 1 aliphatic carbocycles. The molecule has 0 bridgehead atoms. The molecule has 1 aliphatic rings. The van der Waals surface area contributed by atoms with E-state index in [0.717, 1.165) is 0 Å². The molecular formula is C19H24N4O5. The Kier molecular flexibility index (Phi) is 6.25. The van der Waals surface area contributed by atoms with Gasteiger partial charge < -0.3 is 25.1 Å². The van der Waals surface area contributed by atoms with Gasteiger partial charge in [-0.2, -0.15) is 0 Å².